The predicted octanol–water partition coefficient (Wildman–Crippen LogP) is 4.40. The van der Waals surface area contributed by atoms with Crippen molar-refractivity contribution in [3.05, 3.63) is 84.7 Å². The molecule has 0 radical (unpaired) electrons. The Balaban J connectivity index is 1.44. The summed E-state index contributed by atoms with van der Waals surface area (Å²) in [6.07, 6.45) is 4.36. The van der Waals surface area contributed by atoms with Crippen LogP contribution < -0.4 is 4.90 Å². The second-order valence-corrected chi connectivity index (χ2v) is 8.39. The number of anilines is 1. The zero-order valence-electron chi connectivity index (χ0n) is 17.0. The van der Waals surface area contributed by atoms with E-state index in [1.807, 2.05) is 70.1 Å². The first-order chi connectivity index (χ1) is 15.2. The lowest BCUT2D eigenvalue weighted by Crippen LogP contribution is -2.37. The summed E-state index contributed by atoms with van der Waals surface area (Å²) in [6.45, 7) is 2.09. The Labute approximate surface area is 185 Å². The number of rotatable bonds is 5. The molecule has 2 aromatic carbocycles. The second kappa shape index (κ2) is 8.35. The van der Waals surface area contributed by atoms with Crippen molar-refractivity contribution in [2.24, 2.45) is 0 Å². The number of thioether (sulfide) groups is 1. The van der Waals surface area contributed by atoms with Crippen LogP contribution in [-0.2, 0) is 11.2 Å². The van der Waals surface area contributed by atoms with Gasteiger partial charge in [-0.1, -0.05) is 48.2 Å². The Morgan fingerprint density at radius 1 is 1.00 bits per heavy atom. The van der Waals surface area contributed by atoms with Crippen molar-refractivity contribution in [1.29, 1.82) is 0 Å². The van der Waals surface area contributed by atoms with E-state index in [1.165, 1.54) is 17.3 Å². The zero-order valence-corrected chi connectivity index (χ0v) is 17.9. The van der Waals surface area contributed by atoms with Crippen molar-refractivity contribution in [3.8, 4) is 17.1 Å². The zero-order chi connectivity index (χ0) is 21.2. The van der Waals surface area contributed by atoms with E-state index >= 15 is 0 Å². The number of nitrogens with zero attached hydrogens (tertiary/aromatic N) is 5. The highest BCUT2D eigenvalue weighted by atomic mass is 32.2. The van der Waals surface area contributed by atoms with Gasteiger partial charge in [-0.3, -0.25) is 14.3 Å². The van der Waals surface area contributed by atoms with E-state index in [-0.39, 0.29) is 11.9 Å². The maximum atomic E-state index is 13.2. The smallest absolute Gasteiger partial charge is 0.237 e. The van der Waals surface area contributed by atoms with Crippen LogP contribution in [-0.4, -0.2) is 37.5 Å². The minimum Gasteiger partial charge on any atom is -0.308 e. The Kier molecular flexibility index (Phi) is 5.26. The number of para-hydroxylation sites is 2. The van der Waals surface area contributed by atoms with Crippen LogP contribution in [0.4, 0.5) is 5.69 Å². The number of carbonyl (C=O) groups is 1. The molecule has 1 aliphatic heterocycles. The molecule has 3 heterocycles. The molecule has 0 bridgehead atoms. The van der Waals surface area contributed by atoms with Gasteiger partial charge in [0.2, 0.25) is 5.91 Å². The number of amides is 1. The number of carbonyl (C=O) groups excluding carboxylic acids is 1. The average Bonchev–Trinajstić information content (AvgIpc) is 3.39. The molecule has 0 fully saturated rings. The van der Waals surface area contributed by atoms with Crippen molar-refractivity contribution < 1.29 is 4.79 Å². The van der Waals surface area contributed by atoms with Crippen LogP contribution in [0, 0.1) is 0 Å². The molecule has 154 valence electrons. The number of hydrogen-bond acceptors (Lipinski definition) is 5. The Bertz CT molecular complexity index is 1210. The summed E-state index contributed by atoms with van der Waals surface area (Å²) in [5, 5.41) is 9.53. The van der Waals surface area contributed by atoms with Gasteiger partial charge in [0, 0.05) is 35.4 Å². The summed E-state index contributed by atoms with van der Waals surface area (Å²) in [5.41, 5.74) is 4.11. The topological polar surface area (TPSA) is 63.9 Å². The molecule has 0 spiro atoms. The molecule has 0 aliphatic carbocycles. The van der Waals surface area contributed by atoms with Gasteiger partial charge in [-0.25, -0.2) is 0 Å². The van der Waals surface area contributed by atoms with Crippen molar-refractivity contribution in [3.63, 3.8) is 0 Å². The van der Waals surface area contributed by atoms with Gasteiger partial charge in [-0.2, -0.15) is 0 Å². The molecular formula is C24H21N5OS. The van der Waals surface area contributed by atoms with Crippen LogP contribution in [0.25, 0.3) is 17.1 Å². The van der Waals surface area contributed by atoms with Gasteiger partial charge in [0.1, 0.15) is 0 Å². The SMILES string of the molecule is CC1Cc2ccccc2N1C(=O)CSc1nnc(-c2ccncc2)n1-c1ccccc1. The van der Waals surface area contributed by atoms with Crippen LogP contribution in [0.15, 0.2) is 84.3 Å². The van der Waals surface area contributed by atoms with Crippen LogP contribution in [0.3, 0.4) is 0 Å². The molecule has 7 heteroatoms. The second-order valence-electron chi connectivity index (χ2n) is 7.45. The number of benzene rings is 2. The van der Waals surface area contributed by atoms with Crippen LogP contribution >= 0.6 is 11.8 Å². The Morgan fingerprint density at radius 2 is 1.74 bits per heavy atom. The quantitative estimate of drug-likeness (QED) is 0.442. The molecule has 1 unspecified atom stereocenters. The van der Waals surface area contributed by atoms with Crippen molar-refractivity contribution in [1.82, 2.24) is 19.7 Å². The summed E-state index contributed by atoms with van der Waals surface area (Å²) >= 11 is 1.41. The molecule has 5 rings (SSSR count). The highest BCUT2D eigenvalue weighted by molar-refractivity contribution is 7.99. The van der Waals surface area contributed by atoms with Crippen molar-refractivity contribution >= 4 is 23.4 Å². The van der Waals surface area contributed by atoms with E-state index in [1.54, 1.807) is 12.4 Å². The largest absolute Gasteiger partial charge is 0.308 e. The maximum absolute atomic E-state index is 13.2. The number of hydrogen-bond donors (Lipinski definition) is 0. The lowest BCUT2D eigenvalue weighted by Gasteiger charge is -2.22. The first kappa shape index (κ1) is 19.5. The van der Waals surface area contributed by atoms with Crippen LogP contribution in [0.2, 0.25) is 0 Å². The minimum atomic E-state index is 0.0792. The predicted molar refractivity (Wildman–Crippen MR) is 122 cm³/mol. The number of fused-ring (bicyclic) bond motifs is 1. The van der Waals surface area contributed by atoms with Crippen LogP contribution in [0.5, 0.6) is 0 Å². The summed E-state index contributed by atoms with van der Waals surface area (Å²) in [4.78, 5) is 19.2. The highest BCUT2D eigenvalue weighted by Gasteiger charge is 2.30. The lowest BCUT2D eigenvalue weighted by molar-refractivity contribution is -0.116. The standard InChI is InChI=1S/C24H21N5OS/c1-17-15-19-7-5-6-10-21(19)28(17)22(30)16-31-24-27-26-23(18-11-13-25-14-12-18)29(24)20-8-3-2-4-9-20/h2-14,17H,15-16H2,1H3. The molecule has 4 aromatic rings. The summed E-state index contributed by atoms with van der Waals surface area (Å²) in [7, 11) is 0. The van der Waals surface area contributed by atoms with Gasteiger partial charge in [0.15, 0.2) is 11.0 Å². The average molecular weight is 428 g/mol. The van der Waals surface area contributed by atoms with Gasteiger partial charge in [-0.05, 0) is 49.2 Å². The molecule has 31 heavy (non-hydrogen) atoms. The molecule has 0 N–H and O–H groups in total. The minimum absolute atomic E-state index is 0.0792. The molecule has 2 aromatic heterocycles. The monoisotopic (exact) mass is 427 g/mol. The van der Waals surface area contributed by atoms with Crippen LogP contribution in [0.1, 0.15) is 12.5 Å². The fourth-order valence-electron chi connectivity index (χ4n) is 4.00. The molecule has 6 nitrogen and oxygen atoms in total. The Morgan fingerprint density at radius 3 is 2.55 bits per heavy atom. The fourth-order valence-corrected chi connectivity index (χ4v) is 4.81. The molecule has 1 aliphatic rings. The summed E-state index contributed by atoms with van der Waals surface area (Å²) in [5.74, 6) is 1.10. The normalized spacial score (nSPS) is 15.1. The third-order valence-electron chi connectivity index (χ3n) is 5.39. The number of pyridine rings is 1. The van der Waals surface area contributed by atoms with Gasteiger partial charge in [0.05, 0.1) is 5.75 Å². The summed E-state index contributed by atoms with van der Waals surface area (Å²) < 4.78 is 1.99. The molecule has 1 amide bonds. The van der Waals surface area contributed by atoms with Gasteiger partial charge in [0.25, 0.3) is 0 Å². The maximum Gasteiger partial charge on any atom is 0.237 e. The van der Waals surface area contributed by atoms with Crippen molar-refractivity contribution in [2.75, 3.05) is 10.7 Å². The molecule has 0 saturated heterocycles. The van der Waals surface area contributed by atoms with E-state index in [4.69, 9.17) is 0 Å². The summed E-state index contributed by atoms with van der Waals surface area (Å²) in [6, 6.07) is 22.1. The third kappa shape index (κ3) is 3.72. The van der Waals surface area contributed by atoms with Gasteiger partial charge in [-0.15, -0.1) is 10.2 Å². The fraction of sp³-hybridized carbons (Fsp3) is 0.167. The Hall–Kier alpha value is -3.45. The van der Waals surface area contributed by atoms with E-state index in [0.29, 0.717) is 10.9 Å². The van der Waals surface area contributed by atoms with Gasteiger partial charge >= 0.3 is 0 Å². The molecule has 1 atom stereocenters. The number of aromatic nitrogens is 4. The van der Waals surface area contributed by atoms with Crippen molar-refractivity contribution in [2.45, 2.75) is 24.5 Å². The first-order valence-electron chi connectivity index (χ1n) is 10.2. The lowest BCUT2D eigenvalue weighted by atomic mass is 10.1. The first-order valence-corrected chi connectivity index (χ1v) is 11.1. The van der Waals surface area contributed by atoms with E-state index < -0.39 is 0 Å². The van der Waals surface area contributed by atoms with E-state index in [0.717, 1.165) is 29.2 Å². The van der Waals surface area contributed by atoms with Gasteiger partial charge < -0.3 is 4.90 Å². The van der Waals surface area contributed by atoms with E-state index in [2.05, 4.69) is 28.2 Å². The molecular weight excluding hydrogens is 406 g/mol. The third-order valence-corrected chi connectivity index (χ3v) is 6.30. The van der Waals surface area contributed by atoms with E-state index in [9.17, 15) is 4.79 Å². The molecule has 0 saturated carbocycles. The highest BCUT2D eigenvalue weighted by Crippen LogP contribution is 2.33.